The molecule has 0 spiro atoms. The Morgan fingerprint density at radius 2 is 1.83 bits per heavy atom. The molecular weight excluding hydrogens is 380 g/mol. The average molecular weight is 421 g/mol. The lowest BCUT2D eigenvalue weighted by molar-refractivity contribution is -0.138. The number of hydrogen-bond acceptors (Lipinski definition) is 5. The van der Waals surface area contributed by atoms with E-state index in [1.54, 1.807) is 4.90 Å². The van der Waals surface area contributed by atoms with Gasteiger partial charge in [-0.1, -0.05) is 32.8 Å². The standard InChI is InChI=1S/C24H40N2O4/c1-6-8-21(9-7-2)25-12-13-26(23(27)15-29-5)17-24(28,16-25)18-30-22-11-10-19(3)20(4)14-22/h10-11,14,21,28H,6-9,12-13,15-18H2,1-5H3/t24-/m0/s1. The number of benzene rings is 1. The maximum absolute atomic E-state index is 12.6. The normalized spacial score (nSPS) is 20.4. The molecule has 1 aliphatic heterocycles. The molecule has 1 atom stereocenters. The Kier molecular flexibility index (Phi) is 9.59. The van der Waals surface area contributed by atoms with Crippen LogP contribution in [0.25, 0.3) is 0 Å². The van der Waals surface area contributed by atoms with E-state index in [0.717, 1.165) is 43.5 Å². The van der Waals surface area contributed by atoms with E-state index in [1.165, 1.54) is 12.7 Å². The quantitative estimate of drug-likeness (QED) is 0.630. The van der Waals surface area contributed by atoms with Gasteiger partial charge in [0, 0.05) is 32.8 Å². The molecule has 6 heteroatoms. The molecule has 0 unspecified atom stereocenters. The van der Waals surface area contributed by atoms with Crippen molar-refractivity contribution in [2.24, 2.45) is 0 Å². The Labute approximate surface area is 182 Å². The van der Waals surface area contributed by atoms with Crippen LogP contribution in [0.5, 0.6) is 5.75 Å². The molecule has 1 aromatic rings. The molecule has 0 aromatic heterocycles. The van der Waals surface area contributed by atoms with Gasteiger partial charge in [-0.2, -0.15) is 0 Å². The summed E-state index contributed by atoms with van der Waals surface area (Å²) in [5.41, 5.74) is 1.23. The highest BCUT2D eigenvalue weighted by Gasteiger charge is 2.39. The van der Waals surface area contributed by atoms with Crippen LogP contribution in [0.3, 0.4) is 0 Å². The average Bonchev–Trinajstić information content (AvgIpc) is 2.89. The van der Waals surface area contributed by atoms with Crippen LogP contribution in [-0.2, 0) is 9.53 Å². The molecule has 1 heterocycles. The zero-order valence-corrected chi connectivity index (χ0v) is 19.4. The predicted octanol–water partition coefficient (Wildman–Crippen LogP) is 3.17. The second-order valence-electron chi connectivity index (χ2n) is 8.71. The number of ether oxygens (including phenoxy) is 2. The second-order valence-corrected chi connectivity index (χ2v) is 8.71. The van der Waals surface area contributed by atoms with Gasteiger partial charge in [-0.05, 0) is 49.9 Å². The molecule has 1 N–H and O–H groups in total. The van der Waals surface area contributed by atoms with Crippen LogP contribution in [0.15, 0.2) is 18.2 Å². The Morgan fingerprint density at radius 3 is 2.43 bits per heavy atom. The fourth-order valence-corrected chi connectivity index (χ4v) is 4.22. The van der Waals surface area contributed by atoms with Gasteiger partial charge < -0.3 is 19.5 Å². The summed E-state index contributed by atoms with van der Waals surface area (Å²) in [5.74, 6) is 0.655. The van der Waals surface area contributed by atoms with Crippen molar-refractivity contribution in [3.05, 3.63) is 29.3 Å². The summed E-state index contributed by atoms with van der Waals surface area (Å²) >= 11 is 0. The molecule has 1 aromatic carbocycles. The van der Waals surface area contributed by atoms with Gasteiger partial charge in [-0.15, -0.1) is 0 Å². The van der Waals surface area contributed by atoms with Crippen molar-refractivity contribution in [3.8, 4) is 5.75 Å². The van der Waals surface area contributed by atoms with Crippen LogP contribution in [0.2, 0.25) is 0 Å². The number of β-amino-alcohol motifs (C(OH)–C–C–N with tert-alkyl or cyclic N) is 1. The van der Waals surface area contributed by atoms with Crippen molar-refractivity contribution < 1.29 is 19.4 Å². The van der Waals surface area contributed by atoms with Gasteiger partial charge in [-0.3, -0.25) is 9.69 Å². The molecule has 6 nitrogen and oxygen atoms in total. The summed E-state index contributed by atoms with van der Waals surface area (Å²) in [4.78, 5) is 16.6. The molecule has 170 valence electrons. The van der Waals surface area contributed by atoms with Crippen LogP contribution in [0, 0.1) is 13.8 Å². The first-order valence-corrected chi connectivity index (χ1v) is 11.2. The molecule has 1 fully saturated rings. The first kappa shape index (κ1) is 24.6. The van der Waals surface area contributed by atoms with E-state index in [2.05, 4.69) is 32.6 Å². The topological polar surface area (TPSA) is 62.2 Å². The van der Waals surface area contributed by atoms with Gasteiger partial charge in [0.2, 0.25) is 5.91 Å². The number of methoxy groups -OCH3 is 1. The molecule has 0 aliphatic carbocycles. The van der Waals surface area contributed by atoms with E-state index in [9.17, 15) is 9.90 Å². The van der Waals surface area contributed by atoms with Crippen LogP contribution in [0.4, 0.5) is 0 Å². The molecule has 1 saturated heterocycles. The zero-order valence-electron chi connectivity index (χ0n) is 19.4. The van der Waals surface area contributed by atoms with E-state index in [0.29, 0.717) is 19.1 Å². The Bertz CT molecular complexity index is 675. The summed E-state index contributed by atoms with van der Waals surface area (Å²) in [6.45, 7) is 10.8. The number of carbonyl (C=O) groups excluding carboxylic acids is 1. The Morgan fingerprint density at radius 1 is 1.13 bits per heavy atom. The first-order valence-electron chi connectivity index (χ1n) is 11.2. The van der Waals surface area contributed by atoms with Crippen LogP contribution < -0.4 is 4.74 Å². The number of nitrogens with zero attached hydrogens (tertiary/aromatic N) is 2. The lowest BCUT2D eigenvalue weighted by atomic mass is 10.00. The summed E-state index contributed by atoms with van der Waals surface area (Å²) in [7, 11) is 1.52. The monoisotopic (exact) mass is 420 g/mol. The molecule has 30 heavy (non-hydrogen) atoms. The minimum atomic E-state index is -1.14. The highest BCUT2D eigenvalue weighted by Crippen LogP contribution is 2.23. The number of carbonyl (C=O) groups is 1. The fourth-order valence-electron chi connectivity index (χ4n) is 4.22. The molecule has 1 amide bonds. The molecule has 0 bridgehead atoms. The predicted molar refractivity (Wildman–Crippen MR) is 120 cm³/mol. The molecule has 0 radical (unpaired) electrons. The van der Waals surface area contributed by atoms with Crippen molar-refractivity contribution in [1.29, 1.82) is 0 Å². The second kappa shape index (κ2) is 11.7. The van der Waals surface area contributed by atoms with Gasteiger partial charge >= 0.3 is 0 Å². The van der Waals surface area contributed by atoms with E-state index in [4.69, 9.17) is 9.47 Å². The number of rotatable bonds is 10. The number of amides is 1. The largest absolute Gasteiger partial charge is 0.490 e. The first-order chi connectivity index (χ1) is 14.3. The Hall–Kier alpha value is -1.63. The van der Waals surface area contributed by atoms with Crippen molar-refractivity contribution in [2.45, 2.75) is 65.0 Å². The number of aryl methyl sites for hydroxylation is 2. The molecular formula is C24H40N2O4. The van der Waals surface area contributed by atoms with E-state index >= 15 is 0 Å². The van der Waals surface area contributed by atoms with Crippen molar-refractivity contribution in [1.82, 2.24) is 9.80 Å². The minimum Gasteiger partial charge on any atom is -0.490 e. The van der Waals surface area contributed by atoms with Gasteiger partial charge in [-0.25, -0.2) is 0 Å². The van der Waals surface area contributed by atoms with Gasteiger partial charge in [0.05, 0.1) is 6.54 Å². The zero-order chi connectivity index (χ0) is 22.1. The molecule has 2 rings (SSSR count). The van der Waals surface area contributed by atoms with Gasteiger partial charge in [0.25, 0.3) is 0 Å². The van der Waals surface area contributed by atoms with Crippen molar-refractivity contribution in [2.75, 3.05) is 46.5 Å². The van der Waals surface area contributed by atoms with Crippen LogP contribution >= 0.6 is 0 Å². The van der Waals surface area contributed by atoms with Crippen LogP contribution in [0.1, 0.15) is 50.7 Å². The highest BCUT2D eigenvalue weighted by molar-refractivity contribution is 5.77. The molecule has 1 aliphatic rings. The minimum absolute atomic E-state index is 0.0292. The van der Waals surface area contributed by atoms with Gasteiger partial charge in [0.1, 0.15) is 24.6 Å². The maximum Gasteiger partial charge on any atom is 0.248 e. The van der Waals surface area contributed by atoms with Crippen molar-refractivity contribution >= 4 is 5.91 Å². The lowest BCUT2D eigenvalue weighted by Gasteiger charge is -2.36. The lowest BCUT2D eigenvalue weighted by Crippen LogP contribution is -2.53. The fraction of sp³-hybridized carbons (Fsp3) is 0.708. The Balaban J connectivity index is 2.20. The summed E-state index contributed by atoms with van der Waals surface area (Å²) in [6.07, 6.45) is 4.39. The summed E-state index contributed by atoms with van der Waals surface area (Å²) in [6, 6.07) is 6.37. The van der Waals surface area contributed by atoms with E-state index < -0.39 is 5.60 Å². The molecule has 0 saturated carbocycles. The highest BCUT2D eigenvalue weighted by atomic mass is 16.5. The third-order valence-corrected chi connectivity index (χ3v) is 6.01. The SMILES string of the molecule is CCCC(CCC)N1CCN(C(=O)COC)C[C@](O)(COc2ccc(C)c(C)c2)C1. The third-order valence-electron chi connectivity index (χ3n) is 6.01. The maximum atomic E-state index is 12.6. The van der Waals surface area contributed by atoms with Crippen molar-refractivity contribution in [3.63, 3.8) is 0 Å². The van der Waals surface area contributed by atoms with E-state index in [1.807, 2.05) is 18.2 Å². The van der Waals surface area contributed by atoms with Gasteiger partial charge in [0.15, 0.2) is 0 Å². The summed E-state index contributed by atoms with van der Waals surface area (Å²) < 4.78 is 11.1. The van der Waals surface area contributed by atoms with E-state index in [-0.39, 0.29) is 25.7 Å². The smallest absolute Gasteiger partial charge is 0.248 e. The summed E-state index contributed by atoms with van der Waals surface area (Å²) in [5, 5.41) is 11.6. The number of aliphatic hydroxyl groups is 1. The number of hydrogen-bond donors (Lipinski definition) is 1. The van der Waals surface area contributed by atoms with Crippen LogP contribution in [-0.4, -0.2) is 79.0 Å². The third kappa shape index (κ3) is 6.96.